The first-order chi connectivity index (χ1) is 8.16. The van der Waals surface area contributed by atoms with E-state index in [2.05, 4.69) is 22.2 Å². The lowest BCUT2D eigenvalue weighted by atomic mass is 10.1. The Morgan fingerprint density at radius 3 is 2.53 bits per heavy atom. The first kappa shape index (κ1) is 12.8. The second kappa shape index (κ2) is 5.80. The van der Waals surface area contributed by atoms with Gasteiger partial charge in [-0.2, -0.15) is 0 Å². The largest absolute Gasteiger partial charge is 0.340 e. The summed E-state index contributed by atoms with van der Waals surface area (Å²) in [5.41, 5.74) is 0. The van der Waals surface area contributed by atoms with Crippen molar-refractivity contribution in [2.45, 2.75) is 13.0 Å². The fourth-order valence-corrected chi connectivity index (χ4v) is 2.61. The van der Waals surface area contributed by atoms with Crippen LogP contribution in [0.2, 0.25) is 0 Å². The molecule has 1 amide bonds. The van der Waals surface area contributed by atoms with Gasteiger partial charge in [0.25, 0.3) is 0 Å². The molecule has 17 heavy (non-hydrogen) atoms. The lowest BCUT2D eigenvalue weighted by Crippen LogP contribution is -2.57. The lowest BCUT2D eigenvalue weighted by molar-refractivity contribution is -0.130. The minimum atomic E-state index is 0.209. The topological polar surface area (TPSA) is 38.8 Å². The summed E-state index contributed by atoms with van der Waals surface area (Å²) in [7, 11) is 2.21. The van der Waals surface area contributed by atoms with E-state index in [4.69, 9.17) is 0 Å². The summed E-state index contributed by atoms with van der Waals surface area (Å²) in [5, 5.41) is 3.45. The fourth-order valence-electron chi connectivity index (χ4n) is 2.61. The third-order valence-corrected chi connectivity index (χ3v) is 3.93. The summed E-state index contributed by atoms with van der Waals surface area (Å²) in [6.07, 6.45) is 0. The highest BCUT2D eigenvalue weighted by Gasteiger charge is 2.24. The van der Waals surface area contributed by atoms with E-state index in [1.807, 2.05) is 4.90 Å². The van der Waals surface area contributed by atoms with Crippen molar-refractivity contribution in [3.8, 4) is 0 Å². The molecule has 0 radical (unpaired) electrons. The molecule has 0 aliphatic carbocycles. The van der Waals surface area contributed by atoms with Gasteiger partial charge in [-0.05, 0) is 7.05 Å². The zero-order valence-electron chi connectivity index (χ0n) is 11.0. The summed E-state index contributed by atoms with van der Waals surface area (Å²) in [6, 6.07) is 0.618. The average molecular weight is 240 g/mol. The highest BCUT2D eigenvalue weighted by Crippen LogP contribution is 2.07. The molecule has 0 saturated carbocycles. The Hall–Kier alpha value is -0.650. The van der Waals surface area contributed by atoms with Gasteiger partial charge in [-0.3, -0.25) is 14.6 Å². The minimum Gasteiger partial charge on any atom is -0.340 e. The molecule has 0 aromatic heterocycles. The number of carbonyl (C=O) groups is 1. The van der Waals surface area contributed by atoms with Gasteiger partial charge in [-0.15, -0.1) is 0 Å². The van der Waals surface area contributed by atoms with Crippen molar-refractivity contribution in [3.05, 3.63) is 0 Å². The van der Waals surface area contributed by atoms with Gasteiger partial charge in [0, 0.05) is 65.3 Å². The minimum absolute atomic E-state index is 0.209. The van der Waals surface area contributed by atoms with Crippen LogP contribution in [0, 0.1) is 0 Å². The SMILES string of the molecule is CC(=O)N1CCN(CC2CNCCN2C)CC1. The maximum absolute atomic E-state index is 11.2. The zero-order chi connectivity index (χ0) is 12.3. The number of hydrogen-bond acceptors (Lipinski definition) is 4. The van der Waals surface area contributed by atoms with Crippen molar-refractivity contribution in [1.82, 2.24) is 20.0 Å². The van der Waals surface area contributed by atoms with E-state index in [9.17, 15) is 4.79 Å². The van der Waals surface area contributed by atoms with Crippen molar-refractivity contribution in [2.75, 3.05) is 59.4 Å². The van der Waals surface area contributed by atoms with Gasteiger partial charge in [0.15, 0.2) is 0 Å². The number of rotatable bonds is 2. The number of piperazine rings is 2. The van der Waals surface area contributed by atoms with Crippen molar-refractivity contribution < 1.29 is 4.79 Å². The predicted molar refractivity (Wildman–Crippen MR) is 68.0 cm³/mol. The molecule has 1 unspecified atom stereocenters. The van der Waals surface area contributed by atoms with Crippen LogP contribution in [0.1, 0.15) is 6.92 Å². The van der Waals surface area contributed by atoms with Gasteiger partial charge in [-0.1, -0.05) is 0 Å². The predicted octanol–water partition coefficient (Wildman–Crippen LogP) is -0.946. The van der Waals surface area contributed by atoms with Crippen LogP contribution in [-0.4, -0.2) is 86.1 Å². The monoisotopic (exact) mass is 240 g/mol. The van der Waals surface area contributed by atoms with E-state index in [1.54, 1.807) is 6.92 Å². The van der Waals surface area contributed by atoms with Gasteiger partial charge >= 0.3 is 0 Å². The van der Waals surface area contributed by atoms with Crippen LogP contribution in [0.15, 0.2) is 0 Å². The number of nitrogens with zero attached hydrogens (tertiary/aromatic N) is 3. The Morgan fingerprint density at radius 2 is 1.94 bits per heavy atom. The molecule has 2 rings (SSSR count). The molecule has 5 heteroatoms. The van der Waals surface area contributed by atoms with Crippen LogP contribution >= 0.6 is 0 Å². The first-order valence-electron chi connectivity index (χ1n) is 6.55. The summed E-state index contributed by atoms with van der Waals surface area (Å²) in [6.45, 7) is 9.92. The molecule has 2 heterocycles. The third-order valence-electron chi connectivity index (χ3n) is 3.93. The van der Waals surface area contributed by atoms with Crippen LogP contribution in [0.4, 0.5) is 0 Å². The standard InChI is InChI=1S/C12H24N4O/c1-11(17)16-7-5-15(6-8-16)10-12-9-13-3-4-14(12)2/h12-13H,3-10H2,1-2H3. The second-order valence-electron chi connectivity index (χ2n) is 5.15. The molecule has 0 spiro atoms. The van der Waals surface area contributed by atoms with Crippen LogP contribution < -0.4 is 5.32 Å². The van der Waals surface area contributed by atoms with Gasteiger partial charge < -0.3 is 10.2 Å². The molecule has 1 N–H and O–H groups in total. The molecule has 2 aliphatic heterocycles. The summed E-state index contributed by atoms with van der Waals surface area (Å²) >= 11 is 0. The molecule has 1 atom stereocenters. The van der Waals surface area contributed by atoms with Gasteiger partial charge in [0.2, 0.25) is 5.91 Å². The molecule has 0 aromatic carbocycles. The van der Waals surface area contributed by atoms with E-state index in [1.165, 1.54) is 0 Å². The van der Waals surface area contributed by atoms with E-state index in [0.29, 0.717) is 6.04 Å². The number of carbonyl (C=O) groups excluding carboxylic acids is 1. The number of amides is 1. The summed E-state index contributed by atoms with van der Waals surface area (Å²) in [4.78, 5) is 18.1. The maximum Gasteiger partial charge on any atom is 0.219 e. The Bertz CT molecular complexity index is 263. The highest BCUT2D eigenvalue weighted by atomic mass is 16.2. The van der Waals surface area contributed by atoms with Gasteiger partial charge in [0.05, 0.1) is 0 Å². The smallest absolute Gasteiger partial charge is 0.219 e. The third kappa shape index (κ3) is 3.40. The second-order valence-corrected chi connectivity index (χ2v) is 5.15. The molecule has 98 valence electrons. The quantitative estimate of drug-likeness (QED) is 0.676. The molecule has 2 fully saturated rings. The molecular weight excluding hydrogens is 216 g/mol. The fraction of sp³-hybridized carbons (Fsp3) is 0.917. The number of hydrogen-bond donors (Lipinski definition) is 1. The van der Waals surface area contributed by atoms with E-state index < -0.39 is 0 Å². The Labute approximate surface area is 104 Å². The Kier molecular flexibility index (Phi) is 4.36. The van der Waals surface area contributed by atoms with Crippen molar-refractivity contribution >= 4 is 5.91 Å². The van der Waals surface area contributed by atoms with Crippen LogP contribution in [0.25, 0.3) is 0 Å². The van der Waals surface area contributed by atoms with Crippen LogP contribution in [-0.2, 0) is 4.79 Å². The van der Waals surface area contributed by atoms with E-state index in [0.717, 1.165) is 52.4 Å². The normalized spacial score (nSPS) is 28.4. The summed E-state index contributed by atoms with van der Waals surface area (Å²) < 4.78 is 0. The molecule has 5 nitrogen and oxygen atoms in total. The van der Waals surface area contributed by atoms with Crippen LogP contribution in [0.5, 0.6) is 0 Å². The number of nitrogens with one attached hydrogen (secondary N) is 1. The molecule has 0 bridgehead atoms. The first-order valence-corrected chi connectivity index (χ1v) is 6.55. The van der Waals surface area contributed by atoms with Crippen LogP contribution in [0.3, 0.4) is 0 Å². The lowest BCUT2D eigenvalue weighted by Gasteiger charge is -2.40. The molecular formula is C12H24N4O. The molecule has 2 aliphatic rings. The van der Waals surface area contributed by atoms with E-state index >= 15 is 0 Å². The number of likely N-dealkylation sites (N-methyl/N-ethyl adjacent to an activating group) is 1. The van der Waals surface area contributed by atoms with Gasteiger partial charge in [0.1, 0.15) is 0 Å². The highest BCUT2D eigenvalue weighted by molar-refractivity contribution is 5.73. The average Bonchev–Trinajstić information content (AvgIpc) is 2.33. The zero-order valence-corrected chi connectivity index (χ0v) is 11.0. The maximum atomic E-state index is 11.2. The van der Waals surface area contributed by atoms with Crippen molar-refractivity contribution in [3.63, 3.8) is 0 Å². The van der Waals surface area contributed by atoms with Crippen molar-refractivity contribution in [2.24, 2.45) is 0 Å². The molecule has 0 aromatic rings. The summed E-state index contributed by atoms with van der Waals surface area (Å²) in [5.74, 6) is 0.209. The molecule has 2 saturated heterocycles. The Morgan fingerprint density at radius 1 is 1.24 bits per heavy atom. The van der Waals surface area contributed by atoms with E-state index in [-0.39, 0.29) is 5.91 Å². The Balaban J connectivity index is 1.75. The van der Waals surface area contributed by atoms with Gasteiger partial charge in [-0.25, -0.2) is 0 Å². The van der Waals surface area contributed by atoms with Crippen molar-refractivity contribution in [1.29, 1.82) is 0 Å².